The number of pyridine rings is 1. The molecular weight excluding hydrogens is 222 g/mol. The molecule has 0 aliphatic heterocycles. The maximum absolute atomic E-state index is 11.4. The highest BCUT2D eigenvalue weighted by atomic mass is 32.2. The van der Waals surface area contributed by atoms with E-state index in [4.69, 9.17) is 0 Å². The van der Waals surface area contributed by atoms with Crippen molar-refractivity contribution >= 4 is 9.84 Å². The van der Waals surface area contributed by atoms with Crippen LogP contribution in [0.5, 0.6) is 0 Å². The molecule has 0 aliphatic rings. The van der Waals surface area contributed by atoms with Crippen molar-refractivity contribution in [2.45, 2.75) is 4.90 Å². The van der Waals surface area contributed by atoms with Crippen molar-refractivity contribution in [2.24, 2.45) is 0 Å². The largest absolute Gasteiger partial charge is 0.265 e. The zero-order valence-corrected chi connectivity index (χ0v) is 9.53. The summed E-state index contributed by atoms with van der Waals surface area (Å²) >= 11 is 0. The first-order chi connectivity index (χ1) is 7.57. The van der Waals surface area contributed by atoms with Crippen LogP contribution in [0.1, 0.15) is 0 Å². The van der Waals surface area contributed by atoms with E-state index in [0.717, 1.165) is 11.1 Å². The molecule has 0 amide bonds. The summed E-state index contributed by atoms with van der Waals surface area (Å²) in [6.45, 7) is 0. The predicted octanol–water partition coefficient (Wildman–Crippen LogP) is 1.95. The second-order valence-corrected chi connectivity index (χ2v) is 5.46. The summed E-state index contributed by atoms with van der Waals surface area (Å²) in [6.07, 6.45) is 4.52. The van der Waals surface area contributed by atoms with Crippen LogP contribution in [0.4, 0.5) is 0 Å². The molecule has 1 heterocycles. The fraction of sp³-hybridized carbons (Fsp3) is 0.0833. The van der Waals surface area contributed by atoms with Crippen LogP contribution in [0.25, 0.3) is 11.1 Å². The molecule has 1 aromatic heterocycles. The zero-order chi connectivity index (χ0) is 11.6. The Kier molecular flexibility index (Phi) is 2.75. The summed E-state index contributed by atoms with van der Waals surface area (Å²) < 4.78 is 22.8. The fourth-order valence-corrected chi connectivity index (χ4v) is 2.02. The van der Waals surface area contributed by atoms with Crippen molar-refractivity contribution in [3.63, 3.8) is 0 Å². The highest BCUT2D eigenvalue weighted by Crippen LogP contribution is 2.20. The number of hydrogen-bond donors (Lipinski definition) is 0. The van der Waals surface area contributed by atoms with Crippen LogP contribution >= 0.6 is 0 Å². The normalized spacial score (nSPS) is 11.3. The molecule has 3 nitrogen and oxygen atoms in total. The van der Waals surface area contributed by atoms with Crippen LogP contribution in [0.15, 0.2) is 47.6 Å². The van der Waals surface area contributed by atoms with E-state index in [1.165, 1.54) is 6.26 Å². The van der Waals surface area contributed by atoms with E-state index in [2.05, 4.69) is 11.1 Å². The molecule has 16 heavy (non-hydrogen) atoms. The van der Waals surface area contributed by atoms with Gasteiger partial charge in [-0.2, -0.15) is 0 Å². The summed E-state index contributed by atoms with van der Waals surface area (Å²) in [5.74, 6) is 0. The van der Waals surface area contributed by atoms with Gasteiger partial charge in [-0.1, -0.05) is 6.07 Å². The van der Waals surface area contributed by atoms with Gasteiger partial charge in [-0.25, -0.2) is 8.42 Å². The number of rotatable bonds is 2. The molecule has 0 bridgehead atoms. The third-order valence-electron chi connectivity index (χ3n) is 2.19. The molecule has 0 unspecified atom stereocenters. The van der Waals surface area contributed by atoms with Gasteiger partial charge in [-0.3, -0.25) is 4.98 Å². The van der Waals surface area contributed by atoms with Crippen LogP contribution in [-0.2, 0) is 9.84 Å². The molecule has 0 spiro atoms. The average molecular weight is 232 g/mol. The van der Waals surface area contributed by atoms with Crippen LogP contribution in [0.3, 0.4) is 0 Å². The first-order valence-corrected chi connectivity index (χ1v) is 6.59. The van der Waals surface area contributed by atoms with Gasteiger partial charge >= 0.3 is 0 Å². The molecule has 2 aromatic rings. The van der Waals surface area contributed by atoms with Crippen molar-refractivity contribution in [3.05, 3.63) is 48.8 Å². The Morgan fingerprint density at radius 3 is 2.50 bits per heavy atom. The van der Waals surface area contributed by atoms with Gasteiger partial charge in [0.15, 0.2) is 9.84 Å². The molecule has 0 atom stereocenters. The maximum atomic E-state index is 11.4. The number of nitrogens with zero attached hydrogens (tertiary/aromatic N) is 1. The van der Waals surface area contributed by atoms with Crippen molar-refractivity contribution < 1.29 is 8.42 Å². The fourth-order valence-electron chi connectivity index (χ4n) is 1.37. The minimum absolute atomic E-state index is 0.304. The van der Waals surface area contributed by atoms with E-state index in [9.17, 15) is 8.42 Å². The molecule has 1 radical (unpaired) electrons. The van der Waals surface area contributed by atoms with Crippen molar-refractivity contribution in [2.75, 3.05) is 6.26 Å². The van der Waals surface area contributed by atoms with E-state index in [-0.39, 0.29) is 0 Å². The lowest BCUT2D eigenvalue weighted by Crippen LogP contribution is -1.96. The van der Waals surface area contributed by atoms with Gasteiger partial charge in [-0.05, 0) is 41.5 Å². The third-order valence-corrected chi connectivity index (χ3v) is 3.30. The second kappa shape index (κ2) is 4.06. The Morgan fingerprint density at radius 1 is 1.19 bits per heavy atom. The standard InChI is InChI=1S/C12H10NO2S/c1-16(14,15)12-4-2-3-11(9-12)10-5-7-13-8-6-10/h2,4-9H,1H3. The number of sulfone groups is 1. The minimum Gasteiger partial charge on any atom is -0.265 e. The van der Waals surface area contributed by atoms with Gasteiger partial charge in [-0.15, -0.1) is 0 Å². The molecule has 0 saturated carbocycles. The topological polar surface area (TPSA) is 47.0 Å². The Morgan fingerprint density at radius 2 is 1.88 bits per heavy atom. The summed E-state index contributed by atoms with van der Waals surface area (Å²) in [7, 11) is -3.17. The monoisotopic (exact) mass is 232 g/mol. The van der Waals surface area contributed by atoms with E-state index in [1.807, 2.05) is 12.1 Å². The van der Waals surface area contributed by atoms with Gasteiger partial charge in [0.2, 0.25) is 0 Å². The number of aromatic nitrogens is 1. The molecule has 1 aromatic carbocycles. The van der Waals surface area contributed by atoms with Crippen molar-refractivity contribution in [1.29, 1.82) is 0 Å². The lowest BCUT2D eigenvalue weighted by atomic mass is 10.1. The Labute approximate surface area is 94.7 Å². The maximum Gasteiger partial charge on any atom is 0.175 e. The molecule has 4 heteroatoms. The molecule has 0 aliphatic carbocycles. The van der Waals surface area contributed by atoms with Crippen LogP contribution in [-0.4, -0.2) is 19.7 Å². The molecule has 0 saturated heterocycles. The first-order valence-electron chi connectivity index (χ1n) is 4.69. The summed E-state index contributed by atoms with van der Waals surface area (Å²) in [6, 6.07) is 11.4. The molecule has 0 N–H and O–H groups in total. The zero-order valence-electron chi connectivity index (χ0n) is 8.71. The second-order valence-electron chi connectivity index (χ2n) is 3.45. The highest BCUT2D eigenvalue weighted by Gasteiger charge is 2.07. The quantitative estimate of drug-likeness (QED) is 0.795. The number of hydrogen-bond acceptors (Lipinski definition) is 3. The third kappa shape index (κ3) is 2.28. The molecule has 2 rings (SSSR count). The van der Waals surface area contributed by atoms with Crippen LogP contribution in [0.2, 0.25) is 0 Å². The summed E-state index contributed by atoms with van der Waals surface area (Å²) in [5.41, 5.74) is 1.66. The lowest BCUT2D eigenvalue weighted by molar-refractivity contribution is 0.602. The highest BCUT2D eigenvalue weighted by molar-refractivity contribution is 7.90. The summed E-state index contributed by atoms with van der Waals surface area (Å²) in [4.78, 5) is 4.21. The van der Waals surface area contributed by atoms with Gasteiger partial charge in [0.05, 0.1) is 4.90 Å². The van der Waals surface area contributed by atoms with E-state index >= 15 is 0 Å². The van der Waals surface area contributed by atoms with Crippen LogP contribution in [0, 0.1) is 6.07 Å². The van der Waals surface area contributed by atoms with Gasteiger partial charge in [0.25, 0.3) is 0 Å². The SMILES string of the molecule is CS(=O)(=O)c1cc[c]c(-c2ccncc2)c1. The van der Waals surface area contributed by atoms with E-state index < -0.39 is 9.84 Å². The van der Waals surface area contributed by atoms with Crippen molar-refractivity contribution in [1.82, 2.24) is 4.98 Å². The van der Waals surface area contributed by atoms with E-state index in [0.29, 0.717) is 4.90 Å². The predicted molar refractivity (Wildman–Crippen MR) is 61.6 cm³/mol. The summed E-state index contributed by atoms with van der Waals surface area (Å²) in [5, 5.41) is 0. The molecule has 0 fully saturated rings. The first kappa shape index (κ1) is 10.8. The average Bonchev–Trinajstić information content (AvgIpc) is 2.29. The molecule has 81 valence electrons. The Bertz CT molecular complexity index is 591. The van der Waals surface area contributed by atoms with E-state index in [1.54, 1.807) is 30.6 Å². The minimum atomic E-state index is -3.17. The van der Waals surface area contributed by atoms with Crippen LogP contribution < -0.4 is 0 Å². The van der Waals surface area contributed by atoms with Gasteiger partial charge in [0, 0.05) is 18.6 Å². The Balaban J connectivity index is 2.53. The lowest BCUT2D eigenvalue weighted by Gasteiger charge is -2.03. The van der Waals surface area contributed by atoms with Gasteiger partial charge < -0.3 is 0 Å². The Hall–Kier alpha value is -1.68. The number of benzene rings is 1. The smallest absolute Gasteiger partial charge is 0.175 e. The van der Waals surface area contributed by atoms with Crippen molar-refractivity contribution in [3.8, 4) is 11.1 Å². The molecular formula is C12H10NO2S. The van der Waals surface area contributed by atoms with Gasteiger partial charge in [0.1, 0.15) is 0 Å².